The second-order valence-electron chi connectivity index (χ2n) is 5.06. The number of hydrogen-bond donors (Lipinski definition) is 0. The van der Waals surface area contributed by atoms with Crippen molar-refractivity contribution in [3.05, 3.63) is 42.0 Å². The standard InChI is InChI=1S/C15H16N2O3/c1-10(2)15-16-5-6-17(15)8-12(18)11-3-4-13-14(7-11)20-9-19-13/h3-7,10H,8-9H2,1-2H3. The first-order valence-electron chi connectivity index (χ1n) is 6.59. The smallest absolute Gasteiger partial charge is 0.231 e. The van der Waals surface area contributed by atoms with E-state index in [0.717, 1.165) is 5.82 Å². The summed E-state index contributed by atoms with van der Waals surface area (Å²) in [6.07, 6.45) is 3.56. The molecule has 0 fully saturated rings. The van der Waals surface area contributed by atoms with E-state index in [1.807, 2.05) is 10.8 Å². The van der Waals surface area contributed by atoms with Crippen molar-refractivity contribution in [2.45, 2.75) is 26.3 Å². The largest absolute Gasteiger partial charge is 0.454 e. The molecule has 5 heteroatoms. The van der Waals surface area contributed by atoms with Crippen molar-refractivity contribution in [2.24, 2.45) is 0 Å². The maximum atomic E-state index is 12.3. The van der Waals surface area contributed by atoms with Crippen LogP contribution in [0.1, 0.15) is 35.9 Å². The van der Waals surface area contributed by atoms with E-state index >= 15 is 0 Å². The van der Waals surface area contributed by atoms with Crippen LogP contribution in [0.15, 0.2) is 30.6 Å². The molecule has 0 aliphatic carbocycles. The maximum absolute atomic E-state index is 12.3. The van der Waals surface area contributed by atoms with Crippen LogP contribution in [0.4, 0.5) is 0 Å². The number of aromatic nitrogens is 2. The van der Waals surface area contributed by atoms with Gasteiger partial charge in [0.1, 0.15) is 5.82 Å². The molecule has 0 atom stereocenters. The normalized spacial score (nSPS) is 12.9. The van der Waals surface area contributed by atoms with E-state index < -0.39 is 0 Å². The molecule has 0 saturated carbocycles. The molecule has 5 nitrogen and oxygen atoms in total. The molecule has 0 saturated heterocycles. The van der Waals surface area contributed by atoms with Gasteiger partial charge in [-0.1, -0.05) is 13.8 Å². The van der Waals surface area contributed by atoms with Gasteiger partial charge in [0, 0.05) is 23.9 Å². The average Bonchev–Trinajstić information content (AvgIpc) is 3.05. The SMILES string of the molecule is CC(C)c1nccn1CC(=O)c1ccc2c(c1)OCO2. The van der Waals surface area contributed by atoms with Crippen LogP contribution in [0.25, 0.3) is 0 Å². The summed E-state index contributed by atoms with van der Waals surface area (Å²) >= 11 is 0. The number of Topliss-reactive ketones (excluding diaryl/α,β-unsaturated/α-hetero) is 1. The Morgan fingerprint density at radius 1 is 1.35 bits per heavy atom. The highest BCUT2D eigenvalue weighted by atomic mass is 16.7. The summed E-state index contributed by atoms with van der Waals surface area (Å²) < 4.78 is 12.4. The monoisotopic (exact) mass is 272 g/mol. The molecule has 0 radical (unpaired) electrons. The summed E-state index contributed by atoms with van der Waals surface area (Å²) in [4.78, 5) is 16.6. The van der Waals surface area contributed by atoms with Crippen LogP contribution in [0, 0.1) is 0 Å². The van der Waals surface area contributed by atoms with Crippen LogP contribution in [0.3, 0.4) is 0 Å². The van der Waals surface area contributed by atoms with E-state index in [0.29, 0.717) is 17.1 Å². The number of nitrogens with zero attached hydrogens (tertiary/aromatic N) is 2. The lowest BCUT2D eigenvalue weighted by atomic mass is 10.1. The van der Waals surface area contributed by atoms with Gasteiger partial charge in [-0.15, -0.1) is 0 Å². The highest BCUT2D eigenvalue weighted by Crippen LogP contribution is 2.32. The maximum Gasteiger partial charge on any atom is 0.231 e. The first kappa shape index (κ1) is 12.7. The minimum Gasteiger partial charge on any atom is -0.454 e. The van der Waals surface area contributed by atoms with E-state index in [9.17, 15) is 4.79 Å². The molecule has 20 heavy (non-hydrogen) atoms. The van der Waals surface area contributed by atoms with Gasteiger partial charge in [0.2, 0.25) is 6.79 Å². The van der Waals surface area contributed by atoms with Crippen LogP contribution in [0.2, 0.25) is 0 Å². The zero-order valence-electron chi connectivity index (χ0n) is 11.5. The van der Waals surface area contributed by atoms with Crippen molar-refractivity contribution < 1.29 is 14.3 Å². The number of rotatable bonds is 4. The topological polar surface area (TPSA) is 53.4 Å². The fraction of sp³-hybridized carbons (Fsp3) is 0.333. The predicted molar refractivity (Wildman–Crippen MR) is 73.2 cm³/mol. The highest BCUT2D eigenvalue weighted by Gasteiger charge is 2.17. The summed E-state index contributed by atoms with van der Waals surface area (Å²) in [5.41, 5.74) is 0.623. The number of ether oxygens (including phenoxy) is 2. The number of imidazole rings is 1. The number of hydrogen-bond acceptors (Lipinski definition) is 4. The van der Waals surface area contributed by atoms with Crippen LogP contribution in [-0.2, 0) is 6.54 Å². The lowest BCUT2D eigenvalue weighted by Crippen LogP contribution is -2.13. The fourth-order valence-electron chi connectivity index (χ4n) is 2.27. The molecule has 0 unspecified atom stereocenters. The van der Waals surface area contributed by atoms with Crippen molar-refractivity contribution in [2.75, 3.05) is 6.79 Å². The molecule has 0 amide bonds. The van der Waals surface area contributed by atoms with Gasteiger partial charge in [-0.25, -0.2) is 4.98 Å². The van der Waals surface area contributed by atoms with Crippen molar-refractivity contribution in [1.82, 2.24) is 9.55 Å². The minimum atomic E-state index is 0.0307. The third-order valence-electron chi connectivity index (χ3n) is 3.27. The first-order chi connectivity index (χ1) is 9.65. The van der Waals surface area contributed by atoms with Crippen LogP contribution < -0.4 is 9.47 Å². The van der Waals surface area contributed by atoms with Gasteiger partial charge in [0.25, 0.3) is 0 Å². The van der Waals surface area contributed by atoms with E-state index in [1.54, 1.807) is 24.4 Å². The van der Waals surface area contributed by atoms with Gasteiger partial charge in [-0.05, 0) is 18.2 Å². The number of carbonyl (C=O) groups excluding carboxylic acids is 1. The molecule has 1 aromatic carbocycles. The molecule has 1 aliphatic heterocycles. The Kier molecular flexibility index (Phi) is 3.18. The van der Waals surface area contributed by atoms with Crippen LogP contribution >= 0.6 is 0 Å². The Hall–Kier alpha value is -2.30. The third-order valence-corrected chi connectivity index (χ3v) is 3.27. The Bertz CT molecular complexity index is 646. The molecular formula is C15H16N2O3. The predicted octanol–water partition coefficient (Wildman–Crippen LogP) is 2.62. The molecule has 3 rings (SSSR count). The summed E-state index contributed by atoms with van der Waals surface area (Å²) in [5.74, 6) is 2.55. The number of fused-ring (bicyclic) bond motifs is 1. The Morgan fingerprint density at radius 2 is 2.15 bits per heavy atom. The summed E-state index contributed by atoms with van der Waals surface area (Å²) in [7, 11) is 0. The second-order valence-corrected chi connectivity index (χ2v) is 5.06. The molecule has 0 bridgehead atoms. The first-order valence-corrected chi connectivity index (χ1v) is 6.59. The van der Waals surface area contributed by atoms with E-state index in [1.165, 1.54) is 0 Å². The number of benzene rings is 1. The van der Waals surface area contributed by atoms with Crippen LogP contribution in [-0.4, -0.2) is 22.1 Å². The molecular weight excluding hydrogens is 256 g/mol. The van der Waals surface area contributed by atoms with Gasteiger partial charge in [0.05, 0.1) is 6.54 Å². The fourth-order valence-corrected chi connectivity index (χ4v) is 2.27. The lowest BCUT2D eigenvalue weighted by molar-refractivity contribution is 0.0970. The molecule has 1 aliphatic rings. The van der Waals surface area contributed by atoms with Crippen LogP contribution in [0.5, 0.6) is 11.5 Å². The lowest BCUT2D eigenvalue weighted by Gasteiger charge is -2.09. The summed E-state index contributed by atoms with van der Waals surface area (Å²) in [6, 6.07) is 5.27. The zero-order valence-corrected chi connectivity index (χ0v) is 11.5. The Balaban J connectivity index is 1.81. The van der Waals surface area contributed by atoms with Gasteiger partial charge >= 0.3 is 0 Å². The molecule has 1 aromatic heterocycles. The van der Waals surface area contributed by atoms with E-state index in [-0.39, 0.29) is 25.0 Å². The van der Waals surface area contributed by atoms with E-state index in [2.05, 4.69) is 18.8 Å². The number of carbonyl (C=O) groups is 1. The highest BCUT2D eigenvalue weighted by molar-refractivity contribution is 5.96. The molecule has 0 N–H and O–H groups in total. The average molecular weight is 272 g/mol. The van der Waals surface area contributed by atoms with Gasteiger partial charge in [0.15, 0.2) is 17.3 Å². The summed E-state index contributed by atoms with van der Waals surface area (Å²) in [5, 5.41) is 0. The van der Waals surface area contributed by atoms with Gasteiger partial charge in [-0.3, -0.25) is 4.79 Å². The molecule has 2 heterocycles. The Morgan fingerprint density at radius 3 is 2.95 bits per heavy atom. The van der Waals surface area contributed by atoms with Crippen molar-refractivity contribution >= 4 is 5.78 Å². The van der Waals surface area contributed by atoms with E-state index in [4.69, 9.17) is 9.47 Å². The minimum absolute atomic E-state index is 0.0307. The molecule has 0 spiro atoms. The van der Waals surface area contributed by atoms with Crippen molar-refractivity contribution in [1.29, 1.82) is 0 Å². The second kappa shape index (κ2) is 5.00. The quantitative estimate of drug-likeness (QED) is 0.803. The zero-order chi connectivity index (χ0) is 14.1. The Labute approximate surface area is 117 Å². The van der Waals surface area contributed by atoms with Gasteiger partial charge < -0.3 is 14.0 Å². The number of ketones is 1. The van der Waals surface area contributed by atoms with Crippen molar-refractivity contribution in [3.63, 3.8) is 0 Å². The summed E-state index contributed by atoms with van der Waals surface area (Å²) in [6.45, 7) is 4.62. The van der Waals surface area contributed by atoms with Gasteiger partial charge in [-0.2, -0.15) is 0 Å². The molecule has 2 aromatic rings. The molecule has 104 valence electrons. The van der Waals surface area contributed by atoms with Crippen molar-refractivity contribution in [3.8, 4) is 11.5 Å². The third kappa shape index (κ3) is 2.27.